The monoisotopic (exact) mass is 166 g/mol. The minimum absolute atomic E-state index is 0.686. The Morgan fingerprint density at radius 2 is 1.92 bits per heavy atom. The third kappa shape index (κ3) is 0.900. The Bertz CT molecular complexity index is 180. The maximum atomic E-state index is 2.48. The van der Waals surface area contributed by atoms with E-state index in [1.165, 1.54) is 19.3 Å². The molecule has 0 unspecified atom stereocenters. The van der Waals surface area contributed by atoms with Crippen LogP contribution in [0.25, 0.3) is 0 Å². The Kier molecular flexibility index (Phi) is 1.79. The van der Waals surface area contributed by atoms with Crippen LogP contribution in [0, 0.1) is 29.1 Å². The summed E-state index contributed by atoms with van der Waals surface area (Å²) < 4.78 is 0. The lowest BCUT2D eigenvalue weighted by Crippen LogP contribution is -2.54. The molecular formula is C12H22. The minimum atomic E-state index is 0.686. The lowest BCUT2D eigenvalue weighted by molar-refractivity contribution is -0.129. The molecule has 0 spiro atoms. The molecule has 0 aliphatic heterocycles. The third-order valence-electron chi connectivity index (χ3n) is 5.04. The lowest BCUT2D eigenvalue weighted by Gasteiger charge is -2.62. The molecule has 0 heterocycles. The lowest BCUT2D eigenvalue weighted by atomic mass is 9.43. The van der Waals surface area contributed by atoms with Crippen LogP contribution in [0.15, 0.2) is 0 Å². The van der Waals surface area contributed by atoms with E-state index in [1.807, 2.05) is 0 Å². The average molecular weight is 166 g/mol. The molecule has 0 aromatic heterocycles. The standard InChI is InChI=1S/C12H22/c1-5-9-6-10-7-11(8(9)2)12(10,3)4/h8-11H,5-7H2,1-4H3/t8-,9+,10+,11+/m1/s1. The molecule has 0 amide bonds. The summed E-state index contributed by atoms with van der Waals surface area (Å²) in [6.07, 6.45) is 4.45. The summed E-state index contributed by atoms with van der Waals surface area (Å²) in [6.45, 7) is 9.80. The molecule has 0 nitrogen and oxygen atoms in total. The Balaban J connectivity index is 2.11. The number of hydrogen-bond donors (Lipinski definition) is 0. The highest BCUT2D eigenvalue weighted by Crippen LogP contribution is 2.63. The average Bonchev–Trinajstić information content (AvgIpc) is 2.03. The smallest absolute Gasteiger partial charge is 0.0295 e. The van der Waals surface area contributed by atoms with Gasteiger partial charge in [0.05, 0.1) is 0 Å². The molecule has 3 saturated carbocycles. The Hall–Kier alpha value is 0. The summed E-state index contributed by atoms with van der Waals surface area (Å²) in [7, 11) is 0. The second kappa shape index (κ2) is 2.49. The van der Waals surface area contributed by atoms with Gasteiger partial charge in [-0.25, -0.2) is 0 Å². The van der Waals surface area contributed by atoms with E-state index in [0.717, 1.165) is 23.7 Å². The zero-order chi connectivity index (χ0) is 8.93. The fourth-order valence-electron chi connectivity index (χ4n) is 3.80. The summed E-state index contributed by atoms with van der Waals surface area (Å²) >= 11 is 0. The van der Waals surface area contributed by atoms with Gasteiger partial charge in [0.1, 0.15) is 0 Å². The summed E-state index contributed by atoms with van der Waals surface area (Å²) in [4.78, 5) is 0. The molecule has 0 aromatic carbocycles. The van der Waals surface area contributed by atoms with Crippen LogP contribution in [0.1, 0.15) is 47.0 Å². The molecule has 12 heavy (non-hydrogen) atoms. The van der Waals surface area contributed by atoms with E-state index in [-0.39, 0.29) is 0 Å². The summed E-state index contributed by atoms with van der Waals surface area (Å²) in [5, 5.41) is 0. The van der Waals surface area contributed by atoms with Gasteiger partial charge in [-0.1, -0.05) is 34.1 Å². The van der Waals surface area contributed by atoms with Crippen molar-refractivity contribution < 1.29 is 0 Å². The zero-order valence-electron chi connectivity index (χ0n) is 8.93. The van der Waals surface area contributed by atoms with Gasteiger partial charge in [0.2, 0.25) is 0 Å². The molecule has 0 heteroatoms. The van der Waals surface area contributed by atoms with Crippen LogP contribution < -0.4 is 0 Å². The fourth-order valence-corrected chi connectivity index (χ4v) is 3.80. The second-order valence-electron chi connectivity index (χ2n) is 5.62. The van der Waals surface area contributed by atoms with Crippen LogP contribution in [0.5, 0.6) is 0 Å². The van der Waals surface area contributed by atoms with E-state index in [0.29, 0.717) is 5.41 Å². The first-order chi connectivity index (χ1) is 5.57. The quantitative estimate of drug-likeness (QED) is 0.557. The van der Waals surface area contributed by atoms with Crippen molar-refractivity contribution in [3.05, 3.63) is 0 Å². The Morgan fingerprint density at radius 3 is 2.33 bits per heavy atom. The molecular weight excluding hydrogens is 144 g/mol. The Labute approximate surface area is 76.7 Å². The number of hydrogen-bond acceptors (Lipinski definition) is 0. The van der Waals surface area contributed by atoms with Crippen LogP contribution in [-0.2, 0) is 0 Å². The van der Waals surface area contributed by atoms with E-state index in [2.05, 4.69) is 27.7 Å². The molecule has 2 bridgehead atoms. The van der Waals surface area contributed by atoms with Gasteiger partial charge in [-0.05, 0) is 41.9 Å². The predicted octanol–water partition coefficient (Wildman–Crippen LogP) is 3.71. The largest absolute Gasteiger partial charge is 0.0651 e. The summed E-state index contributed by atoms with van der Waals surface area (Å²) in [5.74, 6) is 4.14. The maximum Gasteiger partial charge on any atom is -0.0295 e. The van der Waals surface area contributed by atoms with Crippen molar-refractivity contribution in [1.29, 1.82) is 0 Å². The SMILES string of the molecule is CC[C@H]1C[C@H]2C[C@@H]([C@@H]1C)C2(C)C. The van der Waals surface area contributed by atoms with Gasteiger partial charge in [0, 0.05) is 0 Å². The first kappa shape index (κ1) is 8.59. The maximum absolute atomic E-state index is 2.48. The predicted molar refractivity (Wildman–Crippen MR) is 52.9 cm³/mol. The van der Waals surface area contributed by atoms with Crippen LogP contribution in [0.3, 0.4) is 0 Å². The third-order valence-corrected chi connectivity index (χ3v) is 5.04. The van der Waals surface area contributed by atoms with Crippen molar-refractivity contribution in [2.24, 2.45) is 29.1 Å². The van der Waals surface area contributed by atoms with Gasteiger partial charge < -0.3 is 0 Å². The van der Waals surface area contributed by atoms with Gasteiger partial charge in [-0.3, -0.25) is 0 Å². The molecule has 4 atom stereocenters. The molecule has 0 radical (unpaired) electrons. The number of rotatable bonds is 1. The second-order valence-corrected chi connectivity index (χ2v) is 5.62. The van der Waals surface area contributed by atoms with Crippen LogP contribution in [-0.4, -0.2) is 0 Å². The van der Waals surface area contributed by atoms with Gasteiger partial charge in [0.15, 0.2) is 0 Å². The first-order valence-electron chi connectivity index (χ1n) is 5.57. The molecule has 3 aliphatic carbocycles. The molecule has 3 fully saturated rings. The van der Waals surface area contributed by atoms with Crippen molar-refractivity contribution in [2.45, 2.75) is 47.0 Å². The van der Waals surface area contributed by atoms with Gasteiger partial charge >= 0.3 is 0 Å². The normalized spacial score (nSPS) is 50.0. The van der Waals surface area contributed by atoms with Crippen LogP contribution in [0.2, 0.25) is 0 Å². The van der Waals surface area contributed by atoms with Crippen LogP contribution in [0.4, 0.5) is 0 Å². The summed E-state index contributed by atoms with van der Waals surface area (Å²) in [5.41, 5.74) is 0.686. The van der Waals surface area contributed by atoms with Crippen molar-refractivity contribution >= 4 is 0 Å². The van der Waals surface area contributed by atoms with Crippen molar-refractivity contribution in [1.82, 2.24) is 0 Å². The fraction of sp³-hybridized carbons (Fsp3) is 1.00. The molecule has 3 rings (SSSR count). The van der Waals surface area contributed by atoms with Crippen molar-refractivity contribution in [2.75, 3.05) is 0 Å². The molecule has 0 N–H and O–H groups in total. The van der Waals surface area contributed by atoms with E-state index in [9.17, 15) is 0 Å². The van der Waals surface area contributed by atoms with Crippen molar-refractivity contribution in [3.63, 3.8) is 0 Å². The van der Waals surface area contributed by atoms with E-state index in [4.69, 9.17) is 0 Å². The summed E-state index contributed by atoms with van der Waals surface area (Å²) in [6, 6.07) is 0. The zero-order valence-corrected chi connectivity index (χ0v) is 8.93. The molecule has 70 valence electrons. The highest BCUT2D eigenvalue weighted by molar-refractivity contribution is 5.04. The minimum Gasteiger partial charge on any atom is -0.0651 e. The van der Waals surface area contributed by atoms with Gasteiger partial charge in [0.25, 0.3) is 0 Å². The molecule has 0 aromatic rings. The van der Waals surface area contributed by atoms with Crippen molar-refractivity contribution in [3.8, 4) is 0 Å². The highest BCUT2D eigenvalue weighted by Gasteiger charge is 2.55. The molecule has 0 saturated heterocycles. The van der Waals surface area contributed by atoms with E-state index in [1.54, 1.807) is 0 Å². The van der Waals surface area contributed by atoms with Gasteiger partial charge in [-0.15, -0.1) is 0 Å². The van der Waals surface area contributed by atoms with Crippen LogP contribution >= 0.6 is 0 Å². The topological polar surface area (TPSA) is 0 Å². The van der Waals surface area contributed by atoms with E-state index < -0.39 is 0 Å². The highest BCUT2D eigenvalue weighted by atomic mass is 14.6. The first-order valence-corrected chi connectivity index (χ1v) is 5.57. The number of fused-ring (bicyclic) bond motifs is 2. The van der Waals surface area contributed by atoms with Gasteiger partial charge in [-0.2, -0.15) is 0 Å². The Morgan fingerprint density at radius 1 is 1.25 bits per heavy atom. The van der Waals surface area contributed by atoms with E-state index >= 15 is 0 Å². The molecule has 3 aliphatic rings.